The second-order valence-corrected chi connectivity index (χ2v) is 11.1. The highest BCUT2D eigenvalue weighted by Gasteiger charge is 2.39. The average molecular weight is 522 g/mol. The Hall–Kier alpha value is -2.02. The average Bonchev–Trinajstić information content (AvgIpc) is 3.21. The van der Waals surface area contributed by atoms with Crippen molar-refractivity contribution in [3.05, 3.63) is 52.0 Å². The number of nitrogens with zero attached hydrogens (tertiary/aromatic N) is 2. The molecule has 0 amide bonds. The Morgan fingerprint density at radius 3 is 2.68 bits per heavy atom. The zero-order valence-corrected chi connectivity index (χ0v) is 21.8. The van der Waals surface area contributed by atoms with Gasteiger partial charge in [-0.1, -0.05) is 54.8 Å². The second kappa shape index (κ2) is 10.7. The molecule has 1 saturated heterocycles. The van der Waals surface area contributed by atoms with E-state index in [1.807, 2.05) is 18.2 Å². The largest absolute Gasteiger partial charge is 0.494 e. The van der Waals surface area contributed by atoms with Gasteiger partial charge in [0, 0.05) is 23.1 Å². The molecule has 1 aliphatic rings. The van der Waals surface area contributed by atoms with Gasteiger partial charge < -0.3 is 14.7 Å². The predicted octanol–water partition coefficient (Wildman–Crippen LogP) is 7.33. The van der Waals surface area contributed by atoms with Gasteiger partial charge in [0.2, 0.25) is 0 Å². The van der Waals surface area contributed by atoms with Crippen molar-refractivity contribution in [2.24, 2.45) is 11.3 Å². The molecule has 2 aromatic carbocycles. The summed E-state index contributed by atoms with van der Waals surface area (Å²) < 4.78 is 7.20. The van der Waals surface area contributed by atoms with Crippen molar-refractivity contribution >= 4 is 55.9 Å². The molecule has 0 saturated carbocycles. The number of carbonyl (C=O) groups is 1. The summed E-state index contributed by atoms with van der Waals surface area (Å²) in [6.07, 6.45) is 4.18. The molecule has 34 heavy (non-hydrogen) atoms. The first-order valence-electron chi connectivity index (χ1n) is 11.7. The second-order valence-electron chi connectivity index (χ2n) is 9.23. The lowest BCUT2D eigenvalue weighted by Gasteiger charge is -2.45. The van der Waals surface area contributed by atoms with Gasteiger partial charge in [-0.05, 0) is 72.6 Å². The molecule has 1 atom stereocenters. The molecule has 182 valence electrons. The van der Waals surface area contributed by atoms with E-state index in [4.69, 9.17) is 38.0 Å². The minimum atomic E-state index is -0.882. The molecule has 4 rings (SSSR count). The van der Waals surface area contributed by atoms with E-state index in [9.17, 15) is 4.79 Å². The van der Waals surface area contributed by atoms with Crippen LogP contribution in [0, 0.1) is 11.3 Å². The van der Waals surface area contributed by atoms with Gasteiger partial charge in [0.25, 0.3) is 0 Å². The molecule has 0 bridgehead atoms. The molecule has 1 unspecified atom stereocenters. The van der Waals surface area contributed by atoms with Crippen LogP contribution < -0.4 is 9.64 Å². The third-order valence-electron chi connectivity index (χ3n) is 7.18. The van der Waals surface area contributed by atoms with Gasteiger partial charge in [0.1, 0.15) is 5.75 Å². The van der Waals surface area contributed by atoms with Crippen LogP contribution in [0.1, 0.15) is 45.1 Å². The number of hydrogen-bond donors (Lipinski definition) is 1. The van der Waals surface area contributed by atoms with Crippen molar-refractivity contribution in [2.45, 2.75) is 46.0 Å². The fraction of sp³-hybridized carbons (Fsp3) is 0.462. The van der Waals surface area contributed by atoms with Crippen LogP contribution in [0.15, 0.2) is 36.4 Å². The summed E-state index contributed by atoms with van der Waals surface area (Å²) >= 11 is 14.0. The van der Waals surface area contributed by atoms with Crippen LogP contribution in [0.5, 0.6) is 5.75 Å². The van der Waals surface area contributed by atoms with Crippen molar-refractivity contribution < 1.29 is 14.6 Å². The van der Waals surface area contributed by atoms with E-state index in [1.165, 1.54) is 0 Å². The molecule has 2 heterocycles. The van der Waals surface area contributed by atoms with Crippen molar-refractivity contribution in [1.82, 2.24) is 4.98 Å². The Morgan fingerprint density at radius 2 is 1.97 bits per heavy atom. The number of hydrogen-bond acceptors (Lipinski definition) is 5. The standard InChI is InChI=1S/C26H30Cl2N2O3S/c1-3-17(2)26(8-11-33-21-13-18(14-24(31)32)12-20(28)15-21)6-9-30(10-7-26)25-29-22-5-4-19(27)16-23(22)34-25/h4-5,12-13,15-17H,3,6-11,14H2,1-2H3,(H,31,32). The van der Waals surface area contributed by atoms with Gasteiger partial charge in [0.05, 0.1) is 23.2 Å². The van der Waals surface area contributed by atoms with Crippen molar-refractivity contribution in [1.29, 1.82) is 0 Å². The lowest BCUT2D eigenvalue weighted by atomic mass is 9.66. The molecule has 0 aliphatic carbocycles. The molecular formula is C26H30Cl2N2O3S. The summed E-state index contributed by atoms with van der Waals surface area (Å²) in [5.41, 5.74) is 1.85. The van der Waals surface area contributed by atoms with Gasteiger partial charge >= 0.3 is 5.97 Å². The third kappa shape index (κ3) is 5.78. The summed E-state index contributed by atoms with van der Waals surface area (Å²) in [6.45, 7) is 7.12. The van der Waals surface area contributed by atoms with E-state index >= 15 is 0 Å². The molecule has 1 aliphatic heterocycles. The maximum Gasteiger partial charge on any atom is 0.307 e. The van der Waals surface area contributed by atoms with Gasteiger partial charge in [-0.2, -0.15) is 0 Å². The number of carboxylic acids is 1. The van der Waals surface area contributed by atoms with Crippen molar-refractivity contribution in [3.63, 3.8) is 0 Å². The molecule has 5 nitrogen and oxygen atoms in total. The SMILES string of the molecule is CCC(C)C1(CCOc2cc(Cl)cc(CC(=O)O)c2)CCN(c2nc3ccc(Cl)cc3s2)CC1. The van der Waals surface area contributed by atoms with Crippen LogP contribution in [0.2, 0.25) is 10.0 Å². The zero-order chi connectivity index (χ0) is 24.3. The Kier molecular flexibility index (Phi) is 7.90. The Morgan fingerprint density at radius 1 is 1.21 bits per heavy atom. The monoisotopic (exact) mass is 520 g/mol. The fourth-order valence-corrected chi connectivity index (χ4v) is 6.48. The lowest BCUT2D eigenvalue weighted by molar-refractivity contribution is -0.136. The maximum atomic E-state index is 11.1. The van der Waals surface area contributed by atoms with Crippen LogP contribution >= 0.6 is 34.5 Å². The maximum absolute atomic E-state index is 11.1. The minimum absolute atomic E-state index is 0.0679. The number of carboxylic acid groups (broad SMARTS) is 1. The number of benzene rings is 2. The summed E-state index contributed by atoms with van der Waals surface area (Å²) in [6, 6.07) is 11.1. The lowest BCUT2D eigenvalue weighted by Crippen LogP contribution is -2.44. The molecule has 1 fully saturated rings. The number of rotatable bonds is 9. The predicted molar refractivity (Wildman–Crippen MR) is 141 cm³/mol. The first kappa shape index (κ1) is 25.1. The van der Waals surface area contributed by atoms with Crippen molar-refractivity contribution in [2.75, 3.05) is 24.6 Å². The number of anilines is 1. The number of ether oxygens (including phenoxy) is 1. The highest BCUT2D eigenvalue weighted by Crippen LogP contribution is 2.45. The van der Waals surface area contributed by atoms with Gasteiger partial charge in [-0.3, -0.25) is 4.79 Å². The smallest absolute Gasteiger partial charge is 0.307 e. The van der Waals surface area contributed by atoms with E-state index < -0.39 is 5.97 Å². The number of piperidine rings is 1. The number of fused-ring (bicyclic) bond motifs is 1. The van der Waals surface area contributed by atoms with Gasteiger partial charge in [-0.25, -0.2) is 4.98 Å². The molecular weight excluding hydrogens is 491 g/mol. The number of halogens is 2. The zero-order valence-electron chi connectivity index (χ0n) is 19.5. The Labute approximate surface area is 214 Å². The topological polar surface area (TPSA) is 62.7 Å². The molecule has 0 spiro atoms. The molecule has 0 radical (unpaired) electrons. The first-order valence-corrected chi connectivity index (χ1v) is 13.3. The summed E-state index contributed by atoms with van der Waals surface area (Å²) in [7, 11) is 0. The van der Waals surface area contributed by atoms with E-state index in [0.29, 0.717) is 28.9 Å². The van der Waals surface area contributed by atoms with Gasteiger partial charge in [-0.15, -0.1) is 0 Å². The van der Waals surface area contributed by atoms with Crippen LogP contribution in [0.25, 0.3) is 10.2 Å². The number of aromatic nitrogens is 1. The molecule has 1 N–H and O–H groups in total. The normalized spacial score (nSPS) is 16.5. The van der Waals surface area contributed by atoms with Crippen molar-refractivity contribution in [3.8, 4) is 5.75 Å². The summed E-state index contributed by atoms with van der Waals surface area (Å²) in [4.78, 5) is 18.3. The molecule has 3 aromatic rings. The van der Waals surface area contributed by atoms with E-state index in [0.717, 1.165) is 59.1 Å². The number of aliphatic carboxylic acids is 1. The molecule has 8 heteroatoms. The van der Waals surface area contributed by atoms with Crippen LogP contribution in [-0.2, 0) is 11.2 Å². The Balaban J connectivity index is 1.41. The fourth-order valence-electron chi connectivity index (χ4n) is 4.94. The van der Waals surface area contributed by atoms with Gasteiger partial charge in [0.15, 0.2) is 5.13 Å². The highest BCUT2D eigenvalue weighted by molar-refractivity contribution is 7.22. The van der Waals surface area contributed by atoms with E-state index in [1.54, 1.807) is 29.5 Å². The van der Waals surface area contributed by atoms with E-state index in [2.05, 4.69) is 18.7 Å². The first-order chi connectivity index (χ1) is 16.3. The third-order valence-corrected chi connectivity index (χ3v) is 8.71. The minimum Gasteiger partial charge on any atom is -0.494 e. The van der Waals surface area contributed by atoms with Crippen LogP contribution in [0.4, 0.5) is 5.13 Å². The summed E-state index contributed by atoms with van der Waals surface area (Å²) in [5.74, 6) is 0.329. The summed E-state index contributed by atoms with van der Waals surface area (Å²) in [5, 5.41) is 11.4. The quantitative estimate of drug-likeness (QED) is 0.319. The van der Waals surface area contributed by atoms with Crippen LogP contribution in [0.3, 0.4) is 0 Å². The Bertz CT molecular complexity index is 1160. The number of thiazole rings is 1. The van der Waals surface area contributed by atoms with Crippen LogP contribution in [-0.4, -0.2) is 35.8 Å². The molecule has 1 aromatic heterocycles. The highest BCUT2D eigenvalue weighted by atomic mass is 35.5. The van der Waals surface area contributed by atoms with E-state index in [-0.39, 0.29) is 11.8 Å².